The van der Waals surface area contributed by atoms with Gasteiger partial charge < -0.3 is 15.0 Å². The topological polar surface area (TPSA) is 109 Å². The summed E-state index contributed by atoms with van der Waals surface area (Å²) in [5, 5.41) is 10.9. The summed E-state index contributed by atoms with van der Waals surface area (Å²) >= 11 is 0. The number of nitrogens with zero attached hydrogens (tertiary/aromatic N) is 5. The summed E-state index contributed by atoms with van der Waals surface area (Å²) in [4.78, 5) is 41.1. The normalized spacial score (nSPS) is 14.3. The van der Waals surface area contributed by atoms with E-state index in [1.54, 1.807) is 34.6 Å². The van der Waals surface area contributed by atoms with Crippen LogP contribution < -0.4 is 5.32 Å². The second kappa shape index (κ2) is 10.0. The van der Waals surface area contributed by atoms with Crippen LogP contribution in [0.1, 0.15) is 27.3 Å². The van der Waals surface area contributed by atoms with Crippen LogP contribution in [0.4, 0.5) is 5.69 Å². The van der Waals surface area contributed by atoms with Crippen LogP contribution in [0.25, 0.3) is 5.65 Å². The number of aromatic nitrogens is 3. The second-order valence-electron chi connectivity index (χ2n) is 8.44. The molecule has 1 saturated heterocycles. The first-order valence-corrected chi connectivity index (χ1v) is 11.2. The van der Waals surface area contributed by atoms with Crippen molar-refractivity contribution in [2.45, 2.75) is 20.8 Å². The van der Waals surface area contributed by atoms with Crippen molar-refractivity contribution in [2.24, 2.45) is 0 Å². The summed E-state index contributed by atoms with van der Waals surface area (Å²) < 4.78 is 6.92. The van der Waals surface area contributed by atoms with Crippen molar-refractivity contribution in [2.75, 3.05) is 44.6 Å². The number of benzene rings is 1. The van der Waals surface area contributed by atoms with Crippen LogP contribution in [0.15, 0.2) is 36.5 Å². The van der Waals surface area contributed by atoms with Crippen molar-refractivity contribution in [3.63, 3.8) is 0 Å². The van der Waals surface area contributed by atoms with E-state index in [0.717, 1.165) is 16.8 Å². The molecule has 0 bridgehead atoms. The first kappa shape index (κ1) is 23.4. The first-order valence-electron chi connectivity index (χ1n) is 11.2. The van der Waals surface area contributed by atoms with E-state index < -0.39 is 5.97 Å². The zero-order chi connectivity index (χ0) is 24.2. The van der Waals surface area contributed by atoms with Crippen LogP contribution in [0, 0.1) is 20.8 Å². The largest absolute Gasteiger partial charge is 0.452 e. The Labute approximate surface area is 197 Å². The fraction of sp³-hybridized carbons (Fsp3) is 0.375. The Morgan fingerprint density at radius 2 is 1.68 bits per heavy atom. The van der Waals surface area contributed by atoms with Gasteiger partial charge in [0.2, 0.25) is 5.91 Å². The number of carbonyl (C=O) groups is 3. The monoisotopic (exact) mass is 464 g/mol. The Hall–Kier alpha value is -3.79. The molecule has 34 heavy (non-hydrogen) atoms. The lowest BCUT2D eigenvalue weighted by atomic mass is 10.1. The minimum Gasteiger partial charge on any atom is -0.452 e. The number of piperazine rings is 1. The molecule has 1 N–H and O–H groups in total. The number of aryl methyl sites for hydroxylation is 3. The number of amides is 2. The molecule has 178 valence electrons. The first-order chi connectivity index (χ1) is 16.3. The molecule has 0 unspecified atom stereocenters. The minimum atomic E-state index is -0.579. The van der Waals surface area contributed by atoms with Gasteiger partial charge in [0.25, 0.3) is 5.91 Å². The molecule has 2 amide bonds. The highest BCUT2D eigenvalue weighted by Crippen LogP contribution is 2.19. The van der Waals surface area contributed by atoms with Crippen molar-refractivity contribution >= 4 is 29.1 Å². The lowest BCUT2D eigenvalue weighted by Gasteiger charge is -2.34. The minimum absolute atomic E-state index is 0.0774. The quantitative estimate of drug-likeness (QED) is 0.552. The van der Waals surface area contributed by atoms with E-state index in [1.807, 2.05) is 36.9 Å². The molecule has 2 aromatic heterocycles. The third kappa shape index (κ3) is 5.23. The molecular formula is C24H28N6O4. The molecule has 1 aliphatic heterocycles. The molecule has 3 heterocycles. The van der Waals surface area contributed by atoms with Crippen molar-refractivity contribution in [1.82, 2.24) is 24.4 Å². The zero-order valence-electron chi connectivity index (χ0n) is 19.6. The molecule has 1 aliphatic rings. The van der Waals surface area contributed by atoms with Crippen LogP contribution >= 0.6 is 0 Å². The third-order valence-corrected chi connectivity index (χ3v) is 5.97. The number of para-hydroxylation sites is 1. The van der Waals surface area contributed by atoms with E-state index in [1.165, 1.54) is 0 Å². The molecule has 1 fully saturated rings. The number of carbonyl (C=O) groups excluding carboxylic acids is 3. The molecular weight excluding hydrogens is 436 g/mol. The lowest BCUT2D eigenvalue weighted by Crippen LogP contribution is -2.51. The Bertz CT molecular complexity index is 1210. The summed E-state index contributed by atoms with van der Waals surface area (Å²) in [6, 6.07) is 9.17. The van der Waals surface area contributed by atoms with Crippen LogP contribution in [-0.2, 0) is 14.3 Å². The molecule has 0 atom stereocenters. The number of esters is 1. The van der Waals surface area contributed by atoms with E-state index >= 15 is 0 Å². The van der Waals surface area contributed by atoms with Crippen molar-refractivity contribution in [3.05, 3.63) is 59.0 Å². The molecule has 10 heteroatoms. The summed E-state index contributed by atoms with van der Waals surface area (Å²) in [5.74, 6) is -0.257. The number of ether oxygens (including phenoxy) is 1. The maximum atomic E-state index is 12.5. The predicted octanol–water partition coefficient (Wildman–Crippen LogP) is 1.59. The van der Waals surface area contributed by atoms with Gasteiger partial charge in [0.1, 0.15) is 5.82 Å². The highest BCUT2D eigenvalue weighted by molar-refractivity contribution is 5.94. The predicted molar refractivity (Wildman–Crippen MR) is 126 cm³/mol. The van der Waals surface area contributed by atoms with Crippen molar-refractivity contribution in [1.29, 1.82) is 0 Å². The number of fused-ring (bicyclic) bond motifs is 1. The zero-order valence-corrected chi connectivity index (χ0v) is 19.6. The van der Waals surface area contributed by atoms with Crippen LogP contribution in [0.5, 0.6) is 0 Å². The average Bonchev–Trinajstić information content (AvgIpc) is 3.20. The average molecular weight is 465 g/mol. The Balaban J connectivity index is 1.22. The summed E-state index contributed by atoms with van der Waals surface area (Å²) in [7, 11) is 0. The summed E-state index contributed by atoms with van der Waals surface area (Å²) in [5.41, 5.74) is 3.85. The standard InChI is InChI=1S/C24H28N6O4/c1-16-5-4-6-17(2)23(16)25-21(31)14-28-9-11-29(12-10-28)22(32)15-34-24(33)19-7-8-20-27-26-18(3)30(20)13-19/h4-8,13H,9-12,14-15H2,1-3H3,(H,25,31). The summed E-state index contributed by atoms with van der Waals surface area (Å²) in [6.07, 6.45) is 1.60. The van der Waals surface area contributed by atoms with Gasteiger partial charge in [-0.1, -0.05) is 18.2 Å². The Kier molecular flexibility index (Phi) is 6.87. The second-order valence-corrected chi connectivity index (χ2v) is 8.44. The van der Waals surface area contributed by atoms with Gasteiger partial charge in [-0.15, -0.1) is 10.2 Å². The van der Waals surface area contributed by atoms with Crippen LogP contribution in [0.2, 0.25) is 0 Å². The molecule has 0 aliphatic carbocycles. The molecule has 0 radical (unpaired) electrons. The van der Waals surface area contributed by atoms with Gasteiger partial charge in [0.15, 0.2) is 12.3 Å². The molecule has 0 saturated carbocycles. The fourth-order valence-corrected chi connectivity index (χ4v) is 3.98. The highest BCUT2D eigenvalue weighted by Gasteiger charge is 2.24. The van der Waals surface area contributed by atoms with Gasteiger partial charge in [0.05, 0.1) is 12.1 Å². The van der Waals surface area contributed by atoms with Gasteiger partial charge in [-0.25, -0.2) is 4.79 Å². The summed E-state index contributed by atoms with van der Waals surface area (Å²) in [6.45, 7) is 7.74. The van der Waals surface area contributed by atoms with Gasteiger partial charge in [0, 0.05) is 38.1 Å². The maximum Gasteiger partial charge on any atom is 0.340 e. The SMILES string of the molecule is Cc1cccc(C)c1NC(=O)CN1CCN(C(=O)COC(=O)c2ccc3nnc(C)n3c2)CC1. The molecule has 10 nitrogen and oxygen atoms in total. The van der Waals surface area contributed by atoms with E-state index in [2.05, 4.69) is 15.5 Å². The van der Waals surface area contributed by atoms with Gasteiger partial charge in [-0.2, -0.15) is 0 Å². The smallest absolute Gasteiger partial charge is 0.340 e. The van der Waals surface area contributed by atoms with Crippen LogP contribution in [0.3, 0.4) is 0 Å². The van der Waals surface area contributed by atoms with E-state index in [4.69, 9.17) is 4.74 Å². The van der Waals surface area contributed by atoms with Gasteiger partial charge in [-0.05, 0) is 44.0 Å². The van der Waals surface area contributed by atoms with E-state index in [9.17, 15) is 14.4 Å². The van der Waals surface area contributed by atoms with E-state index in [0.29, 0.717) is 43.2 Å². The van der Waals surface area contributed by atoms with E-state index in [-0.39, 0.29) is 25.0 Å². The Morgan fingerprint density at radius 1 is 0.971 bits per heavy atom. The number of hydrogen-bond acceptors (Lipinski definition) is 7. The number of nitrogens with one attached hydrogen (secondary N) is 1. The molecule has 1 aromatic carbocycles. The molecule has 4 rings (SSSR count). The maximum absolute atomic E-state index is 12.5. The van der Waals surface area contributed by atoms with Gasteiger partial charge in [-0.3, -0.25) is 18.9 Å². The highest BCUT2D eigenvalue weighted by atomic mass is 16.5. The molecule has 3 aromatic rings. The van der Waals surface area contributed by atoms with Crippen molar-refractivity contribution < 1.29 is 19.1 Å². The molecule has 0 spiro atoms. The van der Waals surface area contributed by atoms with Crippen LogP contribution in [-0.4, -0.2) is 81.5 Å². The number of pyridine rings is 1. The Morgan fingerprint density at radius 3 is 2.38 bits per heavy atom. The van der Waals surface area contributed by atoms with Crippen molar-refractivity contribution in [3.8, 4) is 0 Å². The third-order valence-electron chi connectivity index (χ3n) is 5.97. The number of anilines is 1. The lowest BCUT2D eigenvalue weighted by molar-refractivity contribution is -0.136. The number of rotatable bonds is 6. The number of hydrogen-bond donors (Lipinski definition) is 1. The van der Waals surface area contributed by atoms with Gasteiger partial charge >= 0.3 is 5.97 Å². The fourth-order valence-electron chi connectivity index (χ4n) is 3.98.